The van der Waals surface area contributed by atoms with E-state index in [1.807, 2.05) is 36.4 Å². The summed E-state index contributed by atoms with van der Waals surface area (Å²) in [7, 11) is 0. The predicted molar refractivity (Wildman–Crippen MR) is 282 cm³/mol. The second-order valence-corrected chi connectivity index (χ2v) is 18.2. The van der Waals surface area contributed by atoms with Crippen molar-refractivity contribution in [3.05, 3.63) is 253 Å². The number of hydrogen-bond donors (Lipinski definition) is 0. The summed E-state index contributed by atoms with van der Waals surface area (Å²) < 4.78 is 15.4. The number of fused-ring (bicyclic) bond motifs is 12. The molecule has 14 aromatic rings. The van der Waals surface area contributed by atoms with Crippen LogP contribution < -0.4 is 0 Å². The lowest BCUT2D eigenvalue weighted by atomic mass is 9.70. The molecule has 0 unspecified atom stereocenters. The van der Waals surface area contributed by atoms with Gasteiger partial charge in [0.2, 0.25) is 5.95 Å². The van der Waals surface area contributed by atoms with Crippen LogP contribution in [0.15, 0.2) is 239 Å². The minimum absolute atomic E-state index is 0.514. The van der Waals surface area contributed by atoms with E-state index < -0.39 is 5.41 Å². The third-order valence-corrected chi connectivity index (χ3v) is 14.5. The molecule has 0 amide bonds. The largest absolute Gasteiger partial charge is 0.456 e. The minimum Gasteiger partial charge on any atom is -0.456 e. The molecule has 0 bridgehead atoms. The second kappa shape index (κ2) is 14.8. The maximum absolute atomic E-state index is 6.66. The van der Waals surface area contributed by atoms with E-state index in [0.717, 1.165) is 110 Å². The van der Waals surface area contributed by atoms with Crippen LogP contribution in [0.2, 0.25) is 0 Å². The molecule has 0 N–H and O–H groups in total. The van der Waals surface area contributed by atoms with E-state index in [0.29, 0.717) is 17.6 Å². The van der Waals surface area contributed by atoms with E-state index in [4.69, 9.17) is 23.8 Å². The zero-order valence-corrected chi connectivity index (χ0v) is 37.5. The lowest BCUT2D eigenvalue weighted by Crippen LogP contribution is -2.32. The molecular weight excluding hydrogens is 857 g/mol. The van der Waals surface area contributed by atoms with E-state index in [2.05, 4.69) is 199 Å². The molecule has 0 aliphatic heterocycles. The van der Waals surface area contributed by atoms with Crippen molar-refractivity contribution in [1.82, 2.24) is 19.5 Å². The van der Waals surface area contributed by atoms with Gasteiger partial charge in [-0.3, -0.25) is 4.57 Å². The summed E-state index contributed by atoms with van der Waals surface area (Å²) in [6.07, 6.45) is 0. The first-order valence-electron chi connectivity index (χ1n) is 23.7. The van der Waals surface area contributed by atoms with Crippen molar-refractivity contribution in [3.8, 4) is 50.7 Å². The number of nitrogens with zero attached hydrogens (tertiary/aromatic N) is 4. The first-order valence-corrected chi connectivity index (χ1v) is 23.7. The summed E-state index contributed by atoms with van der Waals surface area (Å²) in [5.41, 5.74) is 15.1. The van der Waals surface area contributed by atoms with Gasteiger partial charge in [0, 0.05) is 37.9 Å². The van der Waals surface area contributed by atoms with Crippen molar-refractivity contribution < 1.29 is 8.83 Å². The molecule has 1 aliphatic rings. The average Bonchev–Trinajstić information content (AvgIpc) is 4.18. The van der Waals surface area contributed by atoms with Crippen LogP contribution in [0.4, 0.5) is 0 Å². The van der Waals surface area contributed by atoms with Crippen LogP contribution in [0, 0.1) is 0 Å². The Labute approximate surface area is 401 Å². The molecule has 70 heavy (non-hydrogen) atoms. The van der Waals surface area contributed by atoms with Gasteiger partial charge in [-0.2, -0.15) is 9.97 Å². The van der Waals surface area contributed by atoms with Gasteiger partial charge >= 0.3 is 0 Å². The SMILES string of the molecule is c1ccc(-c2cccc(-c3ccc4c(c3)c3ccccc3n4-c3nc(-c4cccc5oc6ccccc6c45)nc(C4(c5cccc6oc7ccccc7c56)c5ccccc5-c5ccccc54)n3)c2)cc1. The molecule has 15 rings (SSSR count). The summed E-state index contributed by atoms with van der Waals surface area (Å²) in [5, 5.41) is 6.22. The van der Waals surface area contributed by atoms with Gasteiger partial charge in [0.1, 0.15) is 27.7 Å². The van der Waals surface area contributed by atoms with Crippen LogP contribution in [0.1, 0.15) is 22.5 Å². The summed E-state index contributed by atoms with van der Waals surface area (Å²) in [6, 6.07) is 81.3. The quantitative estimate of drug-likeness (QED) is 0.166. The Bertz CT molecular complexity index is 4400. The molecule has 10 aromatic carbocycles. The summed E-state index contributed by atoms with van der Waals surface area (Å²) in [5.74, 6) is 1.66. The van der Waals surface area contributed by atoms with Crippen LogP contribution >= 0.6 is 0 Å². The lowest BCUT2D eigenvalue weighted by Gasteiger charge is -2.32. The number of rotatable bonds is 6. The van der Waals surface area contributed by atoms with Gasteiger partial charge in [0.15, 0.2) is 11.6 Å². The molecule has 0 saturated heterocycles. The molecule has 0 radical (unpaired) electrons. The fourth-order valence-electron chi connectivity index (χ4n) is 11.6. The first kappa shape index (κ1) is 38.7. The van der Waals surface area contributed by atoms with Crippen LogP contribution in [-0.2, 0) is 5.41 Å². The second-order valence-electron chi connectivity index (χ2n) is 18.2. The Morgan fingerprint density at radius 3 is 1.60 bits per heavy atom. The molecule has 0 saturated carbocycles. The van der Waals surface area contributed by atoms with E-state index in [-0.39, 0.29) is 0 Å². The predicted octanol–water partition coefficient (Wildman–Crippen LogP) is 16.1. The van der Waals surface area contributed by atoms with Crippen LogP contribution in [0.5, 0.6) is 0 Å². The summed E-state index contributed by atoms with van der Waals surface area (Å²) in [6.45, 7) is 0. The molecule has 0 spiro atoms. The molecule has 0 atom stereocenters. The van der Waals surface area contributed by atoms with Gasteiger partial charge in [-0.25, -0.2) is 4.98 Å². The molecule has 326 valence electrons. The van der Waals surface area contributed by atoms with Crippen LogP contribution in [0.3, 0.4) is 0 Å². The van der Waals surface area contributed by atoms with E-state index >= 15 is 0 Å². The maximum Gasteiger partial charge on any atom is 0.238 e. The highest BCUT2D eigenvalue weighted by atomic mass is 16.3. The topological polar surface area (TPSA) is 69.9 Å². The molecule has 6 nitrogen and oxygen atoms in total. The van der Waals surface area contributed by atoms with E-state index in [9.17, 15) is 0 Å². The number of hydrogen-bond acceptors (Lipinski definition) is 5. The van der Waals surface area contributed by atoms with Crippen molar-refractivity contribution in [2.75, 3.05) is 0 Å². The highest BCUT2D eigenvalue weighted by molar-refractivity contribution is 6.13. The molecule has 6 heteroatoms. The fraction of sp³-hybridized carbons (Fsp3) is 0.0156. The Balaban J connectivity index is 1.07. The third-order valence-electron chi connectivity index (χ3n) is 14.5. The Hall–Kier alpha value is -9.39. The molecule has 4 aromatic heterocycles. The normalized spacial score (nSPS) is 13.0. The summed E-state index contributed by atoms with van der Waals surface area (Å²) >= 11 is 0. The van der Waals surface area contributed by atoms with Crippen molar-refractivity contribution in [2.45, 2.75) is 5.41 Å². The van der Waals surface area contributed by atoms with Gasteiger partial charge < -0.3 is 8.83 Å². The van der Waals surface area contributed by atoms with Crippen LogP contribution in [-0.4, -0.2) is 19.5 Å². The van der Waals surface area contributed by atoms with Crippen molar-refractivity contribution in [3.63, 3.8) is 0 Å². The summed E-state index contributed by atoms with van der Waals surface area (Å²) in [4.78, 5) is 17.2. The molecule has 1 aliphatic carbocycles. The smallest absolute Gasteiger partial charge is 0.238 e. The molecular formula is C64H38N4O2. The highest BCUT2D eigenvalue weighted by Crippen LogP contribution is 2.57. The Kier molecular flexibility index (Phi) is 8.18. The van der Waals surface area contributed by atoms with Crippen LogP contribution in [0.25, 0.3) is 116 Å². The van der Waals surface area contributed by atoms with E-state index in [1.165, 1.54) is 11.1 Å². The van der Waals surface area contributed by atoms with Gasteiger partial charge in [0.05, 0.1) is 11.0 Å². The number of benzene rings is 10. The standard InChI is InChI=1S/C64H38N4O2/c1-2-17-39(18-3-1)40-19-14-20-41(37-40)42-35-36-54-49(38-42)45-23-6-11-30-53(45)68(54)63-66-61(48-26-15-33-57-59(48)46-24-7-12-31-55(46)69-57)65-62(67-63)64(50-27-9-4-21-43(50)44-22-5-10-28-51(44)64)52-29-16-34-58-60(52)47-25-8-13-32-56(47)70-58/h1-38H. The fourth-order valence-corrected chi connectivity index (χ4v) is 11.6. The van der Waals surface area contributed by atoms with E-state index in [1.54, 1.807) is 0 Å². The van der Waals surface area contributed by atoms with Gasteiger partial charge in [-0.1, -0.05) is 182 Å². The molecule has 4 heterocycles. The van der Waals surface area contributed by atoms with Crippen molar-refractivity contribution >= 4 is 65.7 Å². The minimum atomic E-state index is -1.02. The monoisotopic (exact) mass is 894 g/mol. The Morgan fingerprint density at radius 1 is 0.329 bits per heavy atom. The zero-order chi connectivity index (χ0) is 45.9. The average molecular weight is 895 g/mol. The van der Waals surface area contributed by atoms with Crippen molar-refractivity contribution in [1.29, 1.82) is 0 Å². The van der Waals surface area contributed by atoms with Gasteiger partial charge in [0.25, 0.3) is 0 Å². The highest BCUT2D eigenvalue weighted by Gasteiger charge is 2.50. The number of aromatic nitrogens is 4. The zero-order valence-electron chi connectivity index (χ0n) is 37.5. The number of para-hydroxylation sites is 3. The number of furan rings is 2. The lowest BCUT2D eigenvalue weighted by molar-refractivity contribution is 0.664. The Morgan fingerprint density at radius 2 is 0.843 bits per heavy atom. The first-order chi connectivity index (χ1) is 34.7. The molecule has 0 fully saturated rings. The third kappa shape index (κ3) is 5.47. The van der Waals surface area contributed by atoms with Gasteiger partial charge in [-0.15, -0.1) is 0 Å². The van der Waals surface area contributed by atoms with Crippen molar-refractivity contribution in [2.24, 2.45) is 0 Å². The maximum atomic E-state index is 6.66. The van der Waals surface area contributed by atoms with Gasteiger partial charge in [-0.05, 0) is 98.6 Å².